The minimum atomic E-state index is 1.12. The first-order chi connectivity index (χ1) is 10.3. The van der Waals surface area contributed by atoms with E-state index in [4.69, 9.17) is 0 Å². The summed E-state index contributed by atoms with van der Waals surface area (Å²) in [4.78, 5) is 2.27. The van der Waals surface area contributed by atoms with Gasteiger partial charge < -0.3 is 10.2 Å². The van der Waals surface area contributed by atoms with Gasteiger partial charge in [-0.3, -0.25) is 0 Å². The third-order valence-corrected chi connectivity index (χ3v) is 3.50. The van der Waals surface area contributed by atoms with Crippen molar-refractivity contribution < 1.29 is 0 Å². The fraction of sp³-hybridized carbons (Fsp3) is 0.0526. The number of benzene rings is 2. The van der Waals surface area contributed by atoms with E-state index in [2.05, 4.69) is 72.3 Å². The minimum absolute atomic E-state index is 1.12. The first-order valence-electron chi connectivity index (χ1n) is 7.02. The maximum absolute atomic E-state index is 3.76. The molecule has 1 aliphatic rings. The van der Waals surface area contributed by atoms with Crippen LogP contribution >= 0.6 is 0 Å². The number of anilines is 3. The van der Waals surface area contributed by atoms with Gasteiger partial charge in [0.1, 0.15) is 0 Å². The standard InChI is InChI=1S/C19H18N2/c1-3-4-13-18-15(2)20-17-12-8-9-14-19(17)21(18)16-10-6-5-7-11-16/h3-14,20H,1H2,2H3/b13-4-. The van der Waals surface area contributed by atoms with Crippen LogP contribution in [0, 0.1) is 0 Å². The van der Waals surface area contributed by atoms with Crippen LogP contribution in [0.1, 0.15) is 6.92 Å². The summed E-state index contributed by atoms with van der Waals surface area (Å²) in [5.41, 5.74) is 5.66. The molecule has 2 aromatic carbocycles. The quantitative estimate of drug-likeness (QED) is 0.771. The molecule has 0 fully saturated rings. The number of fused-ring (bicyclic) bond motifs is 1. The van der Waals surface area contributed by atoms with Gasteiger partial charge in [0, 0.05) is 11.4 Å². The second-order valence-corrected chi connectivity index (χ2v) is 4.92. The minimum Gasteiger partial charge on any atom is -0.356 e. The average Bonchev–Trinajstić information content (AvgIpc) is 2.53. The summed E-state index contributed by atoms with van der Waals surface area (Å²) in [5, 5.41) is 3.47. The Labute approximate surface area is 125 Å². The van der Waals surface area contributed by atoms with Crippen molar-refractivity contribution in [1.82, 2.24) is 0 Å². The Morgan fingerprint density at radius 1 is 1.00 bits per heavy atom. The SMILES string of the molecule is C=C/C=C\C1=C(C)Nc2ccccc2N1c1ccccc1. The summed E-state index contributed by atoms with van der Waals surface area (Å²) < 4.78 is 0. The van der Waals surface area contributed by atoms with Crippen LogP contribution in [-0.4, -0.2) is 0 Å². The predicted octanol–water partition coefficient (Wildman–Crippen LogP) is 5.22. The van der Waals surface area contributed by atoms with E-state index in [1.54, 1.807) is 6.08 Å². The molecule has 104 valence electrons. The van der Waals surface area contributed by atoms with Gasteiger partial charge in [0.2, 0.25) is 0 Å². The first kappa shape index (κ1) is 13.3. The zero-order valence-corrected chi connectivity index (χ0v) is 12.1. The van der Waals surface area contributed by atoms with Crippen molar-refractivity contribution in [3.05, 3.63) is 90.8 Å². The molecule has 1 heterocycles. The van der Waals surface area contributed by atoms with E-state index < -0.39 is 0 Å². The number of nitrogens with one attached hydrogen (secondary N) is 1. The van der Waals surface area contributed by atoms with E-state index in [-0.39, 0.29) is 0 Å². The largest absolute Gasteiger partial charge is 0.356 e. The second kappa shape index (κ2) is 5.71. The topological polar surface area (TPSA) is 15.3 Å². The predicted molar refractivity (Wildman–Crippen MR) is 90.7 cm³/mol. The van der Waals surface area contributed by atoms with E-state index in [1.165, 1.54) is 0 Å². The zero-order chi connectivity index (χ0) is 14.7. The van der Waals surface area contributed by atoms with Crippen LogP contribution in [0.15, 0.2) is 90.8 Å². The Hall–Kier alpha value is -2.74. The van der Waals surface area contributed by atoms with E-state index in [0.29, 0.717) is 0 Å². The number of allylic oxidation sites excluding steroid dienone is 4. The lowest BCUT2D eigenvalue weighted by Gasteiger charge is -2.34. The molecule has 0 aliphatic carbocycles. The maximum Gasteiger partial charge on any atom is 0.0697 e. The Morgan fingerprint density at radius 3 is 2.48 bits per heavy atom. The van der Waals surface area contributed by atoms with Crippen molar-refractivity contribution in [2.75, 3.05) is 10.2 Å². The van der Waals surface area contributed by atoms with Gasteiger partial charge in [-0.05, 0) is 37.3 Å². The van der Waals surface area contributed by atoms with Gasteiger partial charge in [-0.2, -0.15) is 0 Å². The second-order valence-electron chi connectivity index (χ2n) is 4.92. The Bertz CT molecular complexity index is 711. The van der Waals surface area contributed by atoms with Gasteiger partial charge in [-0.15, -0.1) is 0 Å². The summed E-state index contributed by atoms with van der Waals surface area (Å²) in [6, 6.07) is 18.7. The molecule has 0 amide bonds. The van der Waals surface area contributed by atoms with Crippen LogP contribution in [-0.2, 0) is 0 Å². The Morgan fingerprint density at radius 2 is 1.71 bits per heavy atom. The van der Waals surface area contributed by atoms with Crippen LogP contribution in [0.2, 0.25) is 0 Å². The lowest BCUT2D eigenvalue weighted by atomic mass is 10.1. The van der Waals surface area contributed by atoms with Gasteiger partial charge in [0.25, 0.3) is 0 Å². The lowest BCUT2D eigenvalue weighted by molar-refractivity contribution is 1.12. The molecule has 0 saturated carbocycles. The third-order valence-electron chi connectivity index (χ3n) is 3.50. The van der Waals surface area contributed by atoms with Gasteiger partial charge in [-0.25, -0.2) is 0 Å². The van der Waals surface area contributed by atoms with Crippen LogP contribution in [0.3, 0.4) is 0 Å². The number of para-hydroxylation sites is 3. The number of hydrogen-bond donors (Lipinski definition) is 1. The molecule has 0 unspecified atom stereocenters. The molecule has 0 spiro atoms. The zero-order valence-electron chi connectivity index (χ0n) is 12.1. The molecule has 0 saturated heterocycles. The average molecular weight is 274 g/mol. The van der Waals surface area contributed by atoms with Crippen LogP contribution in [0.5, 0.6) is 0 Å². The molecule has 1 N–H and O–H groups in total. The van der Waals surface area contributed by atoms with E-state index in [1.807, 2.05) is 18.2 Å². The third kappa shape index (κ3) is 2.48. The number of nitrogens with zero attached hydrogens (tertiary/aromatic N) is 1. The normalized spacial score (nSPS) is 14.0. The summed E-state index contributed by atoms with van der Waals surface area (Å²) in [6.45, 7) is 5.86. The molecule has 3 rings (SSSR count). The smallest absolute Gasteiger partial charge is 0.0697 e. The summed E-state index contributed by atoms with van der Waals surface area (Å²) in [5.74, 6) is 0. The fourth-order valence-electron chi connectivity index (χ4n) is 2.55. The molecule has 2 heteroatoms. The van der Waals surface area contributed by atoms with Crippen LogP contribution in [0.4, 0.5) is 17.1 Å². The maximum atomic E-state index is 3.76. The number of rotatable bonds is 3. The van der Waals surface area contributed by atoms with Crippen molar-refractivity contribution in [2.24, 2.45) is 0 Å². The molecular weight excluding hydrogens is 256 g/mol. The van der Waals surface area contributed by atoms with Gasteiger partial charge in [0.15, 0.2) is 0 Å². The molecule has 21 heavy (non-hydrogen) atoms. The Balaban J connectivity index is 2.19. The lowest BCUT2D eigenvalue weighted by Crippen LogP contribution is -2.24. The fourth-order valence-corrected chi connectivity index (χ4v) is 2.55. The van der Waals surface area contributed by atoms with Crippen molar-refractivity contribution >= 4 is 17.1 Å². The van der Waals surface area contributed by atoms with E-state index >= 15 is 0 Å². The highest BCUT2D eigenvalue weighted by atomic mass is 15.2. The van der Waals surface area contributed by atoms with E-state index in [9.17, 15) is 0 Å². The summed E-state index contributed by atoms with van der Waals surface area (Å²) in [6.07, 6.45) is 5.84. The van der Waals surface area contributed by atoms with Crippen molar-refractivity contribution in [1.29, 1.82) is 0 Å². The number of hydrogen-bond acceptors (Lipinski definition) is 2. The van der Waals surface area contributed by atoms with Gasteiger partial charge >= 0.3 is 0 Å². The Kier molecular flexibility index (Phi) is 3.61. The van der Waals surface area contributed by atoms with Crippen molar-refractivity contribution in [3.63, 3.8) is 0 Å². The molecular formula is C19H18N2. The van der Waals surface area contributed by atoms with Crippen molar-refractivity contribution in [2.45, 2.75) is 6.92 Å². The monoisotopic (exact) mass is 274 g/mol. The molecule has 0 radical (unpaired) electrons. The molecule has 0 aromatic heterocycles. The van der Waals surface area contributed by atoms with Gasteiger partial charge in [0.05, 0.1) is 17.1 Å². The van der Waals surface area contributed by atoms with Gasteiger partial charge in [-0.1, -0.05) is 49.1 Å². The van der Waals surface area contributed by atoms with Crippen LogP contribution in [0.25, 0.3) is 0 Å². The summed E-state index contributed by atoms with van der Waals surface area (Å²) >= 11 is 0. The van der Waals surface area contributed by atoms with E-state index in [0.717, 1.165) is 28.5 Å². The van der Waals surface area contributed by atoms with Crippen LogP contribution < -0.4 is 10.2 Å². The highest BCUT2D eigenvalue weighted by molar-refractivity contribution is 5.84. The molecule has 2 nitrogen and oxygen atoms in total. The molecule has 0 atom stereocenters. The molecule has 1 aliphatic heterocycles. The molecule has 0 bridgehead atoms. The van der Waals surface area contributed by atoms with Crippen molar-refractivity contribution in [3.8, 4) is 0 Å². The highest BCUT2D eigenvalue weighted by Gasteiger charge is 2.22. The first-order valence-corrected chi connectivity index (χ1v) is 7.02. The summed E-state index contributed by atoms with van der Waals surface area (Å²) in [7, 11) is 0. The highest BCUT2D eigenvalue weighted by Crippen LogP contribution is 2.40. The molecule has 2 aromatic rings.